The van der Waals surface area contributed by atoms with Gasteiger partial charge >= 0.3 is 6.03 Å². The molecular weight excluding hydrogens is 314 g/mol. The van der Waals surface area contributed by atoms with Crippen molar-refractivity contribution in [3.63, 3.8) is 0 Å². The van der Waals surface area contributed by atoms with Gasteiger partial charge in [-0.1, -0.05) is 6.42 Å². The van der Waals surface area contributed by atoms with Crippen molar-refractivity contribution in [3.8, 4) is 0 Å². The third kappa shape index (κ3) is 2.82. The highest BCUT2D eigenvalue weighted by atomic mass is 16.5. The van der Waals surface area contributed by atoms with E-state index in [4.69, 9.17) is 4.74 Å². The van der Waals surface area contributed by atoms with E-state index in [2.05, 4.69) is 15.2 Å². The molecular formula is C20H29N3O2. The maximum absolute atomic E-state index is 13.0. The smallest absolute Gasteiger partial charge is 0.322 e. The second kappa shape index (κ2) is 6.27. The number of likely N-dealkylation sites (tertiary alicyclic amines) is 1. The molecule has 1 aromatic heterocycles. The van der Waals surface area contributed by atoms with Crippen LogP contribution in [0, 0.1) is 32.1 Å². The summed E-state index contributed by atoms with van der Waals surface area (Å²) in [6.45, 7) is 8.59. The number of carbonyl (C=O) groups excluding carboxylic acids is 1. The van der Waals surface area contributed by atoms with Crippen LogP contribution in [0.1, 0.15) is 49.1 Å². The Morgan fingerprint density at radius 2 is 2.00 bits per heavy atom. The molecule has 5 nitrogen and oxygen atoms in total. The molecule has 1 saturated carbocycles. The van der Waals surface area contributed by atoms with Crippen LogP contribution in [0.2, 0.25) is 0 Å². The summed E-state index contributed by atoms with van der Waals surface area (Å²) in [4.78, 5) is 19.6. The number of nitrogens with zero attached hydrogens (tertiary/aromatic N) is 2. The van der Waals surface area contributed by atoms with Crippen molar-refractivity contribution in [2.45, 2.75) is 58.9 Å². The molecule has 3 heterocycles. The van der Waals surface area contributed by atoms with Crippen molar-refractivity contribution < 1.29 is 9.53 Å². The van der Waals surface area contributed by atoms with E-state index in [0.29, 0.717) is 17.4 Å². The van der Waals surface area contributed by atoms with Crippen molar-refractivity contribution in [1.29, 1.82) is 0 Å². The summed E-state index contributed by atoms with van der Waals surface area (Å²) in [5.74, 6) is 0.590. The predicted molar refractivity (Wildman–Crippen MR) is 97.8 cm³/mol. The Labute approximate surface area is 150 Å². The molecule has 25 heavy (non-hydrogen) atoms. The van der Waals surface area contributed by atoms with Crippen LogP contribution in [0.4, 0.5) is 10.5 Å². The van der Waals surface area contributed by atoms with E-state index in [0.717, 1.165) is 55.2 Å². The average molecular weight is 343 g/mol. The number of aromatic nitrogens is 1. The number of rotatable bonds is 2. The van der Waals surface area contributed by atoms with Crippen LogP contribution < -0.4 is 5.32 Å². The molecule has 1 atom stereocenters. The van der Waals surface area contributed by atoms with Crippen LogP contribution in [-0.4, -0.2) is 41.7 Å². The largest absolute Gasteiger partial charge is 0.381 e. The monoisotopic (exact) mass is 343 g/mol. The number of carbonyl (C=O) groups is 1. The summed E-state index contributed by atoms with van der Waals surface area (Å²) in [5, 5.41) is 3.16. The summed E-state index contributed by atoms with van der Waals surface area (Å²) in [7, 11) is 0. The second-order valence-electron chi connectivity index (χ2n) is 8.21. The molecule has 136 valence electrons. The highest BCUT2D eigenvalue weighted by Crippen LogP contribution is 2.56. The Hall–Kier alpha value is -1.62. The van der Waals surface area contributed by atoms with Gasteiger partial charge in [0, 0.05) is 36.9 Å². The third-order valence-corrected chi connectivity index (χ3v) is 6.53. The van der Waals surface area contributed by atoms with E-state index < -0.39 is 0 Å². The van der Waals surface area contributed by atoms with Gasteiger partial charge in [0.25, 0.3) is 0 Å². The van der Waals surface area contributed by atoms with E-state index in [1.807, 2.05) is 26.8 Å². The van der Waals surface area contributed by atoms with Gasteiger partial charge in [-0.2, -0.15) is 0 Å². The fourth-order valence-electron chi connectivity index (χ4n) is 5.21. The predicted octanol–water partition coefficient (Wildman–Crippen LogP) is 3.82. The SMILES string of the molecule is Cc1cc(C)c(NC(=O)N2CC3(CCC3)[C@@H]2C2CCOCC2)c(C)n1. The van der Waals surface area contributed by atoms with Crippen LogP contribution in [0.15, 0.2) is 6.07 Å². The van der Waals surface area contributed by atoms with Gasteiger partial charge < -0.3 is 15.0 Å². The summed E-state index contributed by atoms with van der Waals surface area (Å²) in [6.07, 6.45) is 6.04. The van der Waals surface area contributed by atoms with Crippen LogP contribution >= 0.6 is 0 Å². The second-order valence-corrected chi connectivity index (χ2v) is 8.21. The minimum absolute atomic E-state index is 0.0471. The number of anilines is 1. The average Bonchev–Trinajstić information content (AvgIpc) is 2.49. The molecule has 2 amide bonds. The van der Waals surface area contributed by atoms with E-state index >= 15 is 0 Å². The van der Waals surface area contributed by atoms with Crippen molar-refractivity contribution in [2.24, 2.45) is 11.3 Å². The Morgan fingerprint density at radius 1 is 1.28 bits per heavy atom. The highest BCUT2D eigenvalue weighted by Gasteiger charge is 2.59. The van der Waals surface area contributed by atoms with Crippen molar-refractivity contribution >= 4 is 11.7 Å². The molecule has 0 bridgehead atoms. The molecule has 2 aliphatic heterocycles. The van der Waals surface area contributed by atoms with Gasteiger partial charge in [-0.3, -0.25) is 4.98 Å². The summed E-state index contributed by atoms with van der Waals surface area (Å²) >= 11 is 0. The lowest BCUT2D eigenvalue weighted by molar-refractivity contribution is -0.135. The molecule has 1 aromatic rings. The third-order valence-electron chi connectivity index (χ3n) is 6.53. The number of pyridine rings is 1. The molecule has 0 unspecified atom stereocenters. The van der Waals surface area contributed by atoms with Crippen molar-refractivity contribution in [2.75, 3.05) is 25.1 Å². The zero-order valence-electron chi connectivity index (χ0n) is 15.6. The van der Waals surface area contributed by atoms with E-state index in [-0.39, 0.29) is 6.03 Å². The summed E-state index contributed by atoms with van der Waals surface area (Å²) in [5.41, 5.74) is 4.24. The van der Waals surface area contributed by atoms with Crippen LogP contribution in [0.25, 0.3) is 0 Å². The van der Waals surface area contributed by atoms with Crippen LogP contribution in [-0.2, 0) is 4.74 Å². The number of aryl methyl sites for hydroxylation is 3. The van der Waals surface area contributed by atoms with Crippen molar-refractivity contribution in [3.05, 3.63) is 23.0 Å². The van der Waals surface area contributed by atoms with Gasteiger partial charge in [0.1, 0.15) is 0 Å². The number of hydrogen-bond acceptors (Lipinski definition) is 3. The first-order chi connectivity index (χ1) is 12.0. The van der Waals surface area contributed by atoms with Crippen LogP contribution in [0.3, 0.4) is 0 Å². The number of amides is 2. The fourth-order valence-corrected chi connectivity index (χ4v) is 5.21. The first-order valence-corrected chi connectivity index (χ1v) is 9.60. The maximum Gasteiger partial charge on any atom is 0.322 e. The van der Waals surface area contributed by atoms with Crippen LogP contribution in [0.5, 0.6) is 0 Å². The molecule has 0 radical (unpaired) electrons. The quantitative estimate of drug-likeness (QED) is 0.888. The molecule has 4 rings (SSSR count). The van der Waals surface area contributed by atoms with E-state index in [9.17, 15) is 4.79 Å². The first kappa shape index (κ1) is 16.8. The first-order valence-electron chi connectivity index (χ1n) is 9.60. The lowest BCUT2D eigenvalue weighted by Gasteiger charge is -2.64. The van der Waals surface area contributed by atoms with Gasteiger partial charge in [-0.15, -0.1) is 0 Å². The summed E-state index contributed by atoms with van der Waals surface area (Å²) in [6, 6.07) is 2.47. The Bertz CT molecular complexity index is 655. The van der Waals surface area contributed by atoms with Gasteiger partial charge in [-0.25, -0.2) is 4.79 Å². The maximum atomic E-state index is 13.0. The Balaban J connectivity index is 1.51. The van der Waals surface area contributed by atoms with Gasteiger partial charge in [0.15, 0.2) is 0 Å². The van der Waals surface area contributed by atoms with Gasteiger partial charge in [0.05, 0.1) is 11.4 Å². The van der Waals surface area contributed by atoms with Crippen molar-refractivity contribution in [1.82, 2.24) is 9.88 Å². The molecule has 1 aliphatic carbocycles. The van der Waals surface area contributed by atoms with E-state index in [1.165, 1.54) is 19.3 Å². The molecule has 3 fully saturated rings. The van der Waals surface area contributed by atoms with Gasteiger partial charge in [0.2, 0.25) is 0 Å². The number of urea groups is 1. The topological polar surface area (TPSA) is 54.5 Å². The number of hydrogen-bond donors (Lipinski definition) is 1. The van der Waals surface area contributed by atoms with E-state index in [1.54, 1.807) is 0 Å². The fraction of sp³-hybridized carbons (Fsp3) is 0.700. The molecule has 1 spiro atoms. The Kier molecular flexibility index (Phi) is 4.22. The standard InChI is InChI=1S/C20H29N3O2/c1-13-11-14(2)21-15(3)17(13)22-19(24)23-12-20(7-4-8-20)18(23)16-5-9-25-10-6-16/h11,16,18H,4-10,12H2,1-3H3,(H,22,24)/t18-/m0/s1. The minimum Gasteiger partial charge on any atom is -0.381 e. The normalized spacial score (nSPS) is 25.4. The molecule has 5 heteroatoms. The zero-order chi connectivity index (χ0) is 17.6. The number of ether oxygens (including phenoxy) is 1. The number of nitrogens with one attached hydrogen (secondary N) is 1. The molecule has 3 aliphatic rings. The Morgan fingerprint density at radius 3 is 2.60 bits per heavy atom. The molecule has 2 saturated heterocycles. The zero-order valence-corrected chi connectivity index (χ0v) is 15.6. The lowest BCUT2D eigenvalue weighted by Crippen LogP contribution is -2.72. The highest BCUT2D eigenvalue weighted by molar-refractivity contribution is 5.91. The molecule has 1 N–H and O–H groups in total. The minimum atomic E-state index is 0.0471. The lowest BCUT2D eigenvalue weighted by atomic mass is 9.54. The molecule has 0 aromatic carbocycles. The van der Waals surface area contributed by atoms with Gasteiger partial charge in [-0.05, 0) is 64.0 Å². The summed E-state index contributed by atoms with van der Waals surface area (Å²) < 4.78 is 5.54.